The minimum absolute atomic E-state index is 0.168. The Labute approximate surface area is 95.9 Å². The van der Waals surface area contributed by atoms with Gasteiger partial charge in [0.25, 0.3) is 5.91 Å². The average molecular weight is 235 g/mol. The van der Waals surface area contributed by atoms with E-state index in [1.165, 1.54) is 17.1 Å². The van der Waals surface area contributed by atoms with Gasteiger partial charge < -0.3 is 10.2 Å². The largest absolute Gasteiger partial charge is 0.503 e. The number of hydrogen-bond donors (Lipinski definition) is 2. The Hall–Kier alpha value is -2.70. The fraction of sp³-hybridized carbons (Fsp3) is 0. The summed E-state index contributed by atoms with van der Waals surface area (Å²) < 4.78 is 1.20. The van der Waals surface area contributed by atoms with E-state index in [-0.39, 0.29) is 5.91 Å². The summed E-state index contributed by atoms with van der Waals surface area (Å²) >= 11 is 0. The van der Waals surface area contributed by atoms with Gasteiger partial charge in [0.2, 0.25) is 0 Å². The molecule has 17 heavy (non-hydrogen) atoms. The summed E-state index contributed by atoms with van der Waals surface area (Å²) in [5.74, 6) is -0.168. The summed E-state index contributed by atoms with van der Waals surface area (Å²) in [5.41, 5.74) is 0.605. The Balaban J connectivity index is 0.000000317. The minimum atomic E-state index is -1.83. The average Bonchev–Trinajstić information content (AvgIpc) is 2.82. The number of carbonyl (C=O) groups excluding carboxylic acids is 1. The zero-order valence-corrected chi connectivity index (χ0v) is 8.59. The molecular formula is C10H9N3O4. The molecule has 0 aliphatic rings. The molecule has 2 aromatic rings. The molecule has 0 aliphatic heterocycles. The second-order valence-corrected chi connectivity index (χ2v) is 2.80. The Morgan fingerprint density at radius 1 is 1.12 bits per heavy atom. The number of benzene rings is 1. The minimum Gasteiger partial charge on any atom is -0.450 e. The molecule has 0 unspecified atom stereocenters. The van der Waals surface area contributed by atoms with Crippen LogP contribution in [0.4, 0.5) is 4.79 Å². The van der Waals surface area contributed by atoms with E-state index in [4.69, 9.17) is 15.0 Å². The molecule has 0 fully saturated rings. The van der Waals surface area contributed by atoms with Gasteiger partial charge in [-0.15, -0.1) is 5.10 Å². The molecule has 0 aliphatic carbocycles. The standard InChI is InChI=1S/C9H7N3O.CH2O3/c13-9(12-7-6-10-11-12)8-4-2-1-3-5-8;2-1(3)4/h1-7H;(H2,2,3,4). The maximum atomic E-state index is 11.6. The lowest BCUT2D eigenvalue weighted by Crippen LogP contribution is -2.12. The smallest absolute Gasteiger partial charge is 0.450 e. The molecule has 1 heterocycles. The Kier molecular flexibility index (Phi) is 4.37. The highest BCUT2D eigenvalue weighted by Crippen LogP contribution is 2.00. The van der Waals surface area contributed by atoms with Gasteiger partial charge in [0.05, 0.1) is 12.4 Å². The third-order valence-electron chi connectivity index (χ3n) is 1.65. The number of rotatable bonds is 1. The van der Waals surface area contributed by atoms with Gasteiger partial charge in [0.15, 0.2) is 0 Å². The SMILES string of the molecule is O=C(O)O.O=C(c1ccccc1)n1ccnn1. The van der Waals surface area contributed by atoms with Crippen LogP contribution in [-0.4, -0.2) is 37.3 Å². The van der Waals surface area contributed by atoms with Gasteiger partial charge in [0.1, 0.15) is 0 Å². The van der Waals surface area contributed by atoms with Crippen molar-refractivity contribution < 1.29 is 19.8 Å². The van der Waals surface area contributed by atoms with Crippen molar-refractivity contribution in [2.45, 2.75) is 0 Å². The number of aromatic nitrogens is 3. The number of hydrogen-bond acceptors (Lipinski definition) is 4. The number of carbonyl (C=O) groups is 2. The second-order valence-electron chi connectivity index (χ2n) is 2.80. The molecule has 7 heteroatoms. The highest BCUT2D eigenvalue weighted by molar-refractivity contribution is 5.95. The summed E-state index contributed by atoms with van der Waals surface area (Å²) in [7, 11) is 0. The highest BCUT2D eigenvalue weighted by atomic mass is 16.6. The molecule has 0 amide bonds. The van der Waals surface area contributed by atoms with E-state index in [0.29, 0.717) is 5.56 Å². The van der Waals surface area contributed by atoms with Crippen molar-refractivity contribution in [2.24, 2.45) is 0 Å². The number of nitrogens with zero attached hydrogens (tertiary/aromatic N) is 3. The normalized spacial score (nSPS) is 8.94. The first-order valence-corrected chi connectivity index (χ1v) is 4.49. The monoisotopic (exact) mass is 235 g/mol. The van der Waals surface area contributed by atoms with E-state index < -0.39 is 6.16 Å². The Bertz CT molecular complexity index is 478. The van der Waals surface area contributed by atoms with Crippen molar-refractivity contribution in [3.63, 3.8) is 0 Å². The van der Waals surface area contributed by atoms with E-state index in [2.05, 4.69) is 10.3 Å². The molecule has 1 aromatic heterocycles. The van der Waals surface area contributed by atoms with Gasteiger partial charge in [-0.3, -0.25) is 4.79 Å². The fourth-order valence-electron chi connectivity index (χ4n) is 1.03. The van der Waals surface area contributed by atoms with Crippen molar-refractivity contribution in [3.05, 3.63) is 48.3 Å². The van der Waals surface area contributed by atoms with Gasteiger partial charge >= 0.3 is 6.16 Å². The Morgan fingerprint density at radius 2 is 1.71 bits per heavy atom. The molecule has 1 aromatic carbocycles. The first kappa shape index (κ1) is 12.4. The summed E-state index contributed by atoms with van der Waals surface area (Å²) in [6.45, 7) is 0. The predicted octanol–water partition coefficient (Wildman–Crippen LogP) is 1.19. The van der Waals surface area contributed by atoms with Crippen LogP contribution in [0, 0.1) is 0 Å². The molecule has 0 saturated heterocycles. The first-order valence-electron chi connectivity index (χ1n) is 4.49. The van der Waals surface area contributed by atoms with Crippen LogP contribution >= 0.6 is 0 Å². The molecule has 0 atom stereocenters. The molecule has 2 N–H and O–H groups in total. The van der Waals surface area contributed by atoms with E-state index in [1.54, 1.807) is 12.1 Å². The van der Waals surface area contributed by atoms with Crippen LogP contribution < -0.4 is 0 Å². The summed E-state index contributed by atoms with van der Waals surface area (Å²) in [6, 6.07) is 8.96. The maximum absolute atomic E-state index is 11.6. The fourth-order valence-corrected chi connectivity index (χ4v) is 1.03. The van der Waals surface area contributed by atoms with E-state index in [1.807, 2.05) is 18.2 Å². The maximum Gasteiger partial charge on any atom is 0.503 e. The Morgan fingerprint density at radius 3 is 2.18 bits per heavy atom. The third kappa shape index (κ3) is 4.12. The third-order valence-corrected chi connectivity index (χ3v) is 1.65. The summed E-state index contributed by atoms with van der Waals surface area (Å²) in [4.78, 5) is 20.1. The lowest BCUT2D eigenvalue weighted by atomic mass is 10.2. The molecule has 0 saturated carbocycles. The lowest BCUT2D eigenvalue weighted by molar-refractivity contribution is 0.0942. The summed E-state index contributed by atoms with van der Waals surface area (Å²) in [6.07, 6.45) is 1.16. The van der Waals surface area contributed by atoms with Crippen LogP contribution in [0.25, 0.3) is 0 Å². The number of carboxylic acid groups (broad SMARTS) is 2. The van der Waals surface area contributed by atoms with Crippen LogP contribution in [0.15, 0.2) is 42.7 Å². The van der Waals surface area contributed by atoms with Crippen molar-refractivity contribution in [2.75, 3.05) is 0 Å². The topological polar surface area (TPSA) is 105 Å². The van der Waals surface area contributed by atoms with Gasteiger partial charge in [-0.25, -0.2) is 4.79 Å². The van der Waals surface area contributed by atoms with Crippen LogP contribution in [0.1, 0.15) is 10.4 Å². The van der Waals surface area contributed by atoms with Crippen LogP contribution in [-0.2, 0) is 0 Å². The zero-order valence-electron chi connectivity index (χ0n) is 8.59. The van der Waals surface area contributed by atoms with Gasteiger partial charge in [-0.2, -0.15) is 4.68 Å². The molecular weight excluding hydrogens is 226 g/mol. The van der Waals surface area contributed by atoms with Gasteiger partial charge in [-0.1, -0.05) is 23.4 Å². The molecule has 0 bridgehead atoms. The van der Waals surface area contributed by atoms with Crippen LogP contribution in [0.5, 0.6) is 0 Å². The van der Waals surface area contributed by atoms with Crippen molar-refractivity contribution in [1.82, 2.24) is 15.0 Å². The zero-order chi connectivity index (χ0) is 12.7. The highest BCUT2D eigenvalue weighted by Gasteiger charge is 2.06. The molecule has 0 radical (unpaired) electrons. The van der Waals surface area contributed by atoms with Gasteiger partial charge in [0, 0.05) is 5.56 Å². The van der Waals surface area contributed by atoms with E-state index in [0.717, 1.165) is 0 Å². The quantitative estimate of drug-likeness (QED) is 0.769. The van der Waals surface area contributed by atoms with Crippen molar-refractivity contribution in [3.8, 4) is 0 Å². The van der Waals surface area contributed by atoms with E-state index in [9.17, 15) is 4.79 Å². The first-order chi connectivity index (χ1) is 8.11. The summed E-state index contributed by atoms with van der Waals surface area (Å²) in [5, 5.41) is 21.1. The van der Waals surface area contributed by atoms with Crippen molar-refractivity contribution >= 4 is 12.1 Å². The second kappa shape index (κ2) is 6.01. The predicted molar refractivity (Wildman–Crippen MR) is 56.8 cm³/mol. The lowest BCUT2D eigenvalue weighted by Gasteiger charge is -1.97. The van der Waals surface area contributed by atoms with Gasteiger partial charge in [-0.05, 0) is 12.1 Å². The molecule has 0 spiro atoms. The molecule has 7 nitrogen and oxygen atoms in total. The molecule has 2 rings (SSSR count). The van der Waals surface area contributed by atoms with Crippen LogP contribution in [0.3, 0.4) is 0 Å². The van der Waals surface area contributed by atoms with Crippen molar-refractivity contribution in [1.29, 1.82) is 0 Å². The van der Waals surface area contributed by atoms with Crippen LogP contribution in [0.2, 0.25) is 0 Å². The van der Waals surface area contributed by atoms with E-state index >= 15 is 0 Å². The molecule has 88 valence electrons.